The molecule has 6 heteroatoms. The summed E-state index contributed by atoms with van der Waals surface area (Å²) in [6.07, 6.45) is -0.286. The normalized spacial score (nSPS) is 25.2. The maximum absolute atomic E-state index is 11.3. The second-order valence-electron chi connectivity index (χ2n) is 3.12. The molecule has 1 aliphatic carbocycles. The van der Waals surface area contributed by atoms with Crippen LogP contribution in [0.3, 0.4) is 0 Å². The molecule has 0 heterocycles. The van der Waals surface area contributed by atoms with Crippen molar-refractivity contribution >= 4 is 23.5 Å². The molecule has 0 spiro atoms. The van der Waals surface area contributed by atoms with Crippen LogP contribution in [0, 0.1) is 11.8 Å². The zero-order valence-electron chi connectivity index (χ0n) is 8.31. The van der Waals surface area contributed by atoms with Gasteiger partial charge in [0, 0.05) is 6.42 Å². The molecule has 2 unspecified atom stereocenters. The van der Waals surface area contributed by atoms with Gasteiger partial charge in [-0.05, 0) is 0 Å². The van der Waals surface area contributed by atoms with Gasteiger partial charge in [0.2, 0.25) is 5.78 Å². The van der Waals surface area contributed by atoms with Crippen LogP contribution in [0.15, 0.2) is 0 Å². The number of carbonyl (C=O) groups excluding carboxylic acids is 4. The SMILES string of the molecule is COC(=O)C1CC(=O)C(=O)C1C(=O)OC. The van der Waals surface area contributed by atoms with Gasteiger partial charge in [-0.3, -0.25) is 19.2 Å². The van der Waals surface area contributed by atoms with Gasteiger partial charge in [0.15, 0.2) is 5.78 Å². The summed E-state index contributed by atoms with van der Waals surface area (Å²) in [6.45, 7) is 0. The summed E-state index contributed by atoms with van der Waals surface area (Å²) in [5.74, 6) is -5.61. The Balaban J connectivity index is 2.97. The van der Waals surface area contributed by atoms with E-state index in [-0.39, 0.29) is 6.42 Å². The van der Waals surface area contributed by atoms with Crippen molar-refractivity contribution < 1.29 is 28.7 Å². The molecule has 0 aliphatic heterocycles. The van der Waals surface area contributed by atoms with Crippen LogP contribution in [0.4, 0.5) is 0 Å². The Labute approximate surface area is 85.5 Å². The molecule has 0 radical (unpaired) electrons. The number of methoxy groups -OCH3 is 2. The van der Waals surface area contributed by atoms with Gasteiger partial charge in [0.05, 0.1) is 20.1 Å². The van der Waals surface area contributed by atoms with E-state index in [9.17, 15) is 19.2 Å². The smallest absolute Gasteiger partial charge is 0.317 e. The molecule has 0 aromatic carbocycles. The van der Waals surface area contributed by atoms with Gasteiger partial charge >= 0.3 is 11.9 Å². The number of hydrogen-bond acceptors (Lipinski definition) is 6. The summed E-state index contributed by atoms with van der Waals surface area (Å²) < 4.78 is 8.76. The minimum absolute atomic E-state index is 0.286. The molecule has 0 aromatic rings. The molecule has 0 aromatic heterocycles. The standard InChI is InChI=1S/C9H10O6/c1-14-8(12)4-3-5(10)7(11)6(4)9(13)15-2/h4,6H,3H2,1-2H3. The van der Waals surface area contributed by atoms with Crippen molar-refractivity contribution in [3.8, 4) is 0 Å². The average Bonchev–Trinajstić information content (AvgIpc) is 2.53. The maximum Gasteiger partial charge on any atom is 0.317 e. The van der Waals surface area contributed by atoms with E-state index in [0.29, 0.717) is 0 Å². The van der Waals surface area contributed by atoms with Crippen molar-refractivity contribution in [2.75, 3.05) is 14.2 Å². The first-order valence-electron chi connectivity index (χ1n) is 4.25. The molecule has 0 saturated heterocycles. The third-order valence-corrected chi connectivity index (χ3v) is 2.32. The highest BCUT2D eigenvalue weighted by Crippen LogP contribution is 2.28. The zero-order chi connectivity index (χ0) is 11.6. The molecule has 0 amide bonds. The highest BCUT2D eigenvalue weighted by molar-refractivity contribution is 6.44. The Morgan fingerprint density at radius 3 is 2.13 bits per heavy atom. The first-order valence-corrected chi connectivity index (χ1v) is 4.25. The van der Waals surface area contributed by atoms with E-state index in [0.717, 1.165) is 14.2 Å². The lowest BCUT2D eigenvalue weighted by atomic mass is 9.96. The fourth-order valence-corrected chi connectivity index (χ4v) is 1.54. The van der Waals surface area contributed by atoms with E-state index in [4.69, 9.17) is 0 Å². The number of ketones is 2. The molecule has 1 rings (SSSR count). The van der Waals surface area contributed by atoms with Crippen LogP contribution in [-0.2, 0) is 28.7 Å². The van der Waals surface area contributed by atoms with Gasteiger partial charge in [0.1, 0.15) is 5.92 Å². The van der Waals surface area contributed by atoms with Gasteiger partial charge in [-0.2, -0.15) is 0 Å². The van der Waals surface area contributed by atoms with Crippen LogP contribution in [-0.4, -0.2) is 37.7 Å². The van der Waals surface area contributed by atoms with Crippen molar-refractivity contribution in [2.24, 2.45) is 11.8 Å². The van der Waals surface area contributed by atoms with E-state index in [1.54, 1.807) is 0 Å². The monoisotopic (exact) mass is 214 g/mol. The molecule has 1 fully saturated rings. The highest BCUT2D eigenvalue weighted by atomic mass is 16.5. The fraction of sp³-hybridized carbons (Fsp3) is 0.556. The molecular weight excluding hydrogens is 204 g/mol. The van der Waals surface area contributed by atoms with Gasteiger partial charge in [-0.15, -0.1) is 0 Å². The van der Waals surface area contributed by atoms with Gasteiger partial charge in [-0.25, -0.2) is 0 Å². The van der Waals surface area contributed by atoms with Crippen molar-refractivity contribution in [3.05, 3.63) is 0 Å². The van der Waals surface area contributed by atoms with Crippen molar-refractivity contribution in [3.63, 3.8) is 0 Å². The lowest BCUT2D eigenvalue weighted by Crippen LogP contribution is -2.31. The van der Waals surface area contributed by atoms with E-state index < -0.39 is 35.3 Å². The number of carbonyl (C=O) groups is 4. The summed E-state index contributed by atoms with van der Waals surface area (Å²) in [5.41, 5.74) is 0. The van der Waals surface area contributed by atoms with Gasteiger partial charge in [0.25, 0.3) is 0 Å². The third-order valence-electron chi connectivity index (χ3n) is 2.32. The van der Waals surface area contributed by atoms with Gasteiger partial charge < -0.3 is 9.47 Å². The predicted molar refractivity (Wildman–Crippen MR) is 45.6 cm³/mol. The zero-order valence-corrected chi connectivity index (χ0v) is 8.31. The maximum atomic E-state index is 11.3. The second-order valence-corrected chi connectivity index (χ2v) is 3.12. The molecule has 0 N–H and O–H groups in total. The van der Waals surface area contributed by atoms with Crippen LogP contribution in [0.5, 0.6) is 0 Å². The number of Topliss-reactive ketones (excluding diaryl/α,β-unsaturated/α-hetero) is 2. The van der Waals surface area contributed by atoms with Crippen LogP contribution in [0.25, 0.3) is 0 Å². The van der Waals surface area contributed by atoms with Crippen molar-refractivity contribution in [1.29, 1.82) is 0 Å². The lowest BCUT2D eigenvalue weighted by molar-refractivity contribution is -0.158. The molecule has 15 heavy (non-hydrogen) atoms. The number of rotatable bonds is 2. The Hall–Kier alpha value is -1.72. The quantitative estimate of drug-likeness (QED) is 0.336. The first-order chi connectivity index (χ1) is 7.02. The molecule has 1 saturated carbocycles. The molecule has 6 nitrogen and oxygen atoms in total. The van der Waals surface area contributed by atoms with Gasteiger partial charge in [-0.1, -0.05) is 0 Å². The molecule has 2 atom stereocenters. The van der Waals surface area contributed by atoms with Crippen LogP contribution < -0.4 is 0 Å². The van der Waals surface area contributed by atoms with E-state index in [1.807, 2.05) is 0 Å². The highest BCUT2D eigenvalue weighted by Gasteiger charge is 2.50. The molecule has 82 valence electrons. The van der Waals surface area contributed by atoms with Crippen LogP contribution in [0.2, 0.25) is 0 Å². The van der Waals surface area contributed by atoms with E-state index in [1.165, 1.54) is 0 Å². The van der Waals surface area contributed by atoms with Crippen LogP contribution in [0.1, 0.15) is 6.42 Å². The average molecular weight is 214 g/mol. The summed E-state index contributed by atoms with van der Waals surface area (Å²) in [7, 11) is 2.22. The minimum atomic E-state index is -1.34. The molecular formula is C9H10O6. The van der Waals surface area contributed by atoms with Crippen LogP contribution >= 0.6 is 0 Å². The topological polar surface area (TPSA) is 86.7 Å². The minimum Gasteiger partial charge on any atom is -0.469 e. The molecule has 0 bridgehead atoms. The first kappa shape index (κ1) is 11.4. The lowest BCUT2D eigenvalue weighted by Gasteiger charge is -2.12. The largest absolute Gasteiger partial charge is 0.469 e. The number of ether oxygens (including phenoxy) is 2. The Kier molecular flexibility index (Phi) is 3.18. The predicted octanol–water partition coefficient (Wildman–Crippen LogP) is -0.893. The van der Waals surface area contributed by atoms with Crippen molar-refractivity contribution in [1.82, 2.24) is 0 Å². The summed E-state index contributed by atoms with van der Waals surface area (Å²) in [6, 6.07) is 0. The Morgan fingerprint density at radius 2 is 1.67 bits per heavy atom. The fourth-order valence-electron chi connectivity index (χ4n) is 1.54. The second kappa shape index (κ2) is 4.20. The number of esters is 2. The van der Waals surface area contributed by atoms with Crippen molar-refractivity contribution in [2.45, 2.75) is 6.42 Å². The Morgan fingerprint density at radius 1 is 1.13 bits per heavy atom. The number of hydrogen-bond donors (Lipinski definition) is 0. The summed E-state index contributed by atoms with van der Waals surface area (Å²) in [4.78, 5) is 44.7. The summed E-state index contributed by atoms with van der Waals surface area (Å²) >= 11 is 0. The Bertz CT molecular complexity index is 331. The van der Waals surface area contributed by atoms with E-state index in [2.05, 4.69) is 9.47 Å². The van der Waals surface area contributed by atoms with E-state index >= 15 is 0 Å². The third kappa shape index (κ3) is 1.88. The summed E-state index contributed by atoms with van der Waals surface area (Å²) in [5, 5.41) is 0. The molecule has 1 aliphatic rings.